The van der Waals surface area contributed by atoms with Crippen LogP contribution in [0.4, 0.5) is 11.4 Å². The first kappa shape index (κ1) is 31.0. The van der Waals surface area contributed by atoms with E-state index in [4.69, 9.17) is 9.47 Å². The minimum absolute atomic E-state index is 0.0937. The number of cyclic esters (lactones) is 1. The van der Waals surface area contributed by atoms with E-state index in [1.165, 1.54) is 24.3 Å². The number of rotatable bonds is 10. The molecule has 232 valence electrons. The highest BCUT2D eigenvalue weighted by atomic mass is 16.7. The largest absolute Gasteiger partial charge is 0.433 e. The van der Waals surface area contributed by atoms with Crippen molar-refractivity contribution in [1.82, 2.24) is 10.6 Å². The summed E-state index contributed by atoms with van der Waals surface area (Å²) in [6, 6.07) is 20.8. The summed E-state index contributed by atoms with van der Waals surface area (Å²) < 4.78 is 11.0. The highest BCUT2D eigenvalue weighted by Gasteiger charge is 2.40. The molecular formula is C32H30N4O9. The van der Waals surface area contributed by atoms with Gasteiger partial charge in [0.1, 0.15) is 25.2 Å². The number of anilines is 2. The lowest BCUT2D eigenvalue weighted by molar-refractivity contribution is -0.168. The highest BCUT2D eigenvalue weighted by Crippen LogP contribution is 2.33. The van der Waals surface area contributed by atoms with Crippen LogP contribution < -0.4 is 20.4 Å². The lowest BCUT2D eigenvalue weighted by Crippen LogP contribution is -2.56. The third kappa shape index (κ3) is 7.22. The Hall–Kier alpha value is -5.40. The number of ketones is 1. The van der Waals surface area contributed by atoms with E-state index in [0.717, 1.165) is 15.4 Å². The van der Waals surface area contributed by atoms with Crippen molar-refractivity contribution in [3.63, 3.8) is 0 Å². The molecule has 2 aliphatic heterocycles. The van der Waals surface area contributed by atoms with Crippen molar-refractivity contribution in [2.75, 3.05) is 29.5 Å². The maximum absolute atomic E-state index is 13.9. The molecule has 5 rings (SSSR count). The van der Waals surface area contributed by atoms with E-state index in [1.54, 1.807) is 30.3 Å². The van der Waals surface area contributed by atoms with Gasteiger partial charge in [-0.2, -0.15) is 0 Å². The molecule has 3 N–H and O–H groups in total. The topological polar surface area (TPSA) is 172 Å². The van der Waals surface area contributed by atoms with Gasteiger partial charge >= 0.3 is 5.97 Å². The van der Waals surface area contributed by atoms with E-state index >= 15 is 0 Å². The second kappa shape index (κ2) is 13.9. The molecule has 1 saturated heterocycles. The third-order valence-electron chi connectivity index (χ3n) is 7.24. The Morgan fingerprint density at radius 1 is 0.867 bits per heavy atom. The van der Waals surface area contributed by atoms with Gasteiger partial charge in [-0.05, 0) is 17.7 Å². The zero-order chi connectivity index (χ0) is 31.9. The Morgan fingerprint density at radius 3 is 2.20 bits per heavy atom. The minimum atomic E-state index is -1.46. The SMILES string of the molecule is O=C(CN1C(=O)C(NC(=O)C(=O)c2ccccc2)CN(C(=O)CO)c2ccccc21)NC1CC(=O)OC1OCc1ccccc1. The van der Waals surface area contributed by atoms with Crippen LogP contribution in [0.25, 0.3) is 0 Å². The lowest BCUT2D eigenvalue weighted by Gasteiger charge is -2.26. The number of nitrogens with one attached hydrogen (secondary N) is 2. The van der Waals surface area contributed by atoms with E-state index in [1.807, 2.05) is 30.3 Å². The zero-order valence-corrected chi connectivity index (χ0v) is 24.0. The summed E-state index contributed by atoms with van der Waals surface area (Å²) >= 11 is 0. The smallest absolute Gasteiger partial charge is 0.310 e. The van der Waals surface area contributed by atoms with E-state index in [9.17, 15) is 33.9 Å². The number of benzene rings is 3. The highest BCUT2D eigenvalue weighted by molar-refractivity contribution is 6.43. The standard InChI is InChI=1S/C32H30N4O9/c37-18-27(39)35-16-23(34-30(42)29(41)21-11-5-2-6-12-21)31(43)36(25-14-8-7-13-24(25)35)17-26(38)33-22-15-28(40)45-32(22)44-19-20-9-3-1-4-10-20/h1-14,22-23,32,37H,15-19H2,(H,33,38)(H,34,42). The van der Waals surface area contributed by atoms with Crippen molar-refractivity contribution < 1.29 is 43.3 Å². The zero-order valence-electron chi connectivity index (χ0n) is 24.0. The lowest BCUT2D eigenvalue weighted by atomic mass is 10.1. The van der Waals surface area contributed by atoms with Crippen LogP contribution in [0.1, 0.15) is 22.3 Å². The Bertz CT molecular complexity index is 1600. The van der Waals surface area contributed by atoms with Gasteiger partial charge in [0.05, 0.1) is 30.9 Å². The molecule has 13 heteroatoms. The average molecular weight is 615 g/mol. The molecule has 2 aliphatic rings. The van der Waals surface area contributed by atoms with Gasteiger partial charge in [0.15, 0.2) is 0 Å². The average Bonchev–Trinajstić information content (AvgIpc) is 3.37. The Labute approximate surface area is 257 Å². The van der Waals surface area contributed by atoms with E-state index in [2.05, 4.69) is 10.6 Å². The van der Waals surface area contributed by atoms with E-state index < -0.39 is 73.5 Å². The minimum Gasteiger partial charge on any atom is -0.433 e. The number of para-hydroxylation sites is 2. The van der Waals surface area contributed by atoms with Crippen LogP contribution in [-0.4, -0.2) is 78.6 Å². The molecule has 2 heterocycles. The second-order valence-corrected chi connectivity index (χ2v) is 10.3. The van der Waals surface area contributed by atoms with Crippen LogP contribution in [0.5, 0.6) is 0 Å². The van der Waals surface area contributed by atoms with Crippen molar-refractivity contribution >= 4 is 46.8 Å². The number of amides is 4. The van der Waals surface area contributed by atoms with Gasteiger partial charge in [0.25, 0.3) is 17.7 Å². The van der Waals surface area contributed by atoms with Crippen LogP contribution in [0.3, 0.4) is 0 Å². The summed E-state index contributed by atoms with van der Waals surface area (Å²) in [5.74, 6) is -4.79. The second-order valence-electron chi connectivity index (χ2n) is 10.3. The number of Topliss-reactive ketones (excluding diaryl/α,β-unsaturated/α-hetero) is 1. The molecule has 3 atom stereocenters. The Kier molecular flexibility index (Phi) is 9.61. The molecule has 0 aliphatic carbocycles. The summed E-state index contributed by atoms with van der Waals surface area (Å²) in [6.07, 6.45) is -1.23. The van der Waals surface area contributed by atoms with Crippen molar-refractivity contribution in [2.24, 2.45) is 0 Å². The van der Waals surface area contributed by atoms with Crippen LogP contribution in [0.2, 0.25) is 0 Å². The monoisotopic (exact) mass is 614 g/mol. The van der Waals surface area contributed by atoms with Crippen LogP contribution in [-0.2, 0) is 40.1 Å². The summed E-state index contributed by atoms with van der Waals surface area (Å²) in [5, 5.41) is 14.8. The molecule has 3 aromatic carbocycles. The molecule has 0 radical (unpaired) electrons. The number of ether oxygens (including phenoxy) is 2. The Balaban J connectivity index is 1.36. The number of fused-ring (bicyclic) bond motifs is 1. The van der Waals surface area contributed by atoms with Crippen molar-refractivity contribution in [3.05, 3.63) is 96.1 Å². The number of hydrogen-bond acceptors (Lipinski definition) is 9. The number of carbonyl (C=O) groups excluding carboxylic acids is 6. The molecule has 3 aromatic rings. The number of hydrogen-bond donors (Lipinski definition) is 3. The molecule has 3 unspecified atom stereocenters. The van der Waals surface area contributed by atoms with E-state index in [-0.39, 0.29) is 30.0 Å². The normalized spacial score (nSPS) is 19.3. The Morgan fingerprint density at radius 2 is 1.51 bits per heavy atom. The maximum atomic E-state index is 13.9. The molecule has 45 heavy (non-hydrogen) atoms. The molecule has 0 spiro atoms. The summed E-state index contributed by atoms with van der Waals surface area (Å²) in [7, 11) is 0. The summed E-state index contributed by atoms with van der Waals surface area (Å²) in [5.41, 5.74) is 1.28. The van der Waals surface area contributed by atoms with Crippen LogP contribution in [0, 0.1) is 0 Å². The third-order valence-corrected chi connectivity index (χ3v) is 7.24. The van der Waals surface area contributed by atoms with E-state index in [0.29, 0.717) is 0 Å². The molecule has 0 bridgehead atoms. The molecule has 13 nitrogen and oxygen atoms in total. The van der Waals surface area contributed by atoms with Crippen LogP contribution >= 0.6 is 0 Å². The first-order valence-electron chi connectivity index (χ1n) is 14.1. The van der Waals surface area contributed by atoms with Gasteiger partial charge in [-0.25, -0.2) is 0 Å². The first-order valence-corrected chi connectivity index (χ1v) is 14.1. The molecule has 4 amide bonds. The van der Waals surface area contributed by atoms with Crippen molar-refractivity contribution in [2.45, 2.75) is 31.4 Å². The number of nitrogens with zero attached hydrogens (tertiary/aromatic N) is 2. The van der Waals surface area contributed by atoms with Crippen LogP contribution in [0.15, 0.2) is 84.9 Å². The first-order chi connectivity index (χ1) is 21.7. The van der Waals surface area contributed by atoms with Gasteiger partial charge in [-0.1, -0.05) is 72.8 Å². The predicted octanol–water partition coefficient (Wildman–Crippen LogP) is 0.701. The van der Waals surface area contributed by atoms with Gasteiger partial charge in [0.2, 0.25) is 18.0 Å². The fraction of sp³-hybridized carbons (Fsp3) is 0.250. The van der Waals surface area contributed by atoms with Gasteiger partial charge in [-0.15, -0.1) is 0 Å². The number of esters is 1. The maximum Gasteiger partial charge on any atom is 0.310 e. The predicted molar refractivity (Wildman–Crippen MR) is 159 cm³/mol. The van der Waals surface area contributed by atoms with Crippen molar-refractivity contribution in [3.8, 4) is 0 Å². The molecule has 0 saturated carbocycles. The number of aliphatic hydroxyl groups is 1. The van der Waals surface area contributed by atoms with Gasteiger partial charge in [-0.3, -0.25) is 33.7 Å². The number of aliphatic hydroxyl groups excluding tert-OH is 1. The summed E-state index contributed by atoms with van der Waals surface area (Å²) in [6.45, 7) is -1.76. The molecule has 1 fully saturated rings. The quantitative estimate of drug-likeness (QED) is 0.169. The molecule has 0 aromatic heterocycles. The fourth-order valence-corrected chi connectivity index (χ4v) is 5.08. The summed E-state index contributed by atoms with van der Waals surface area (Å²) in [4.78, 5) is 80.1. The van der Waals surface area contributed by atoms with Gasteiger partial charge < -0.3 is 30.1 Å². The molecular weight excluding hydrogens is 584 g/mol. The van der Waals surface area contributed by atoms with Crippen molar-refractivity contribution in [1.29, 1.82) is 0 Å². The van der Waals surface area contributed by atoms with Gasteiger partial charge in [0, 0.05) is 5.56 Å². The number of carbonyl (C=O) groups is 6. The fourth-order valence-electron chi connectivity index (χ4n) is 5.08.